The van der Waals surface area contributed by atoms with Gasteiger partial charge in [0.2, 0.25) is 0 Å². The first kappa shape index (κ1) is 8.56. The second-order valence-corrected chi connectivity index (χ2v) is 3.26. The molecule has 2 N–H and O–H groups in total. The van der Waals surface area contributed by atoms with Crippen LogP contribution in [0.1, 0.15) is 10.4 Å². The van der Waals surface area contributed by atoms with Crippen molar-refractivity contribution in [2.24, 2.45) is 0 Å². The van der Waals surface area contributed by atoms with Crippen molar-refractivity contribution in [2.75, 3.05) is 5.73 Å². The molecular weight excluding hydrogens is 229 g/mol. The second kappa shape index (κ2) is 3.24. The van der Waals surface area contributed by atoms with Gasteiger partial charge in [0.15, 0.2) is 0 Å². The predicted molar refractivity (Wildman–Crippen MR) is 48.7 cm³/mol. The lowest BCUT2D eigenvalue weighted by molar-refractivity contribution is 0.108. The molecule has 1 aromatic carbocycles. The van der Waals surface area contributed by atoms with Gasteiger partial charge < -0.3 is 5.73 Å². The summed E-state index contributed by atoms with van der Waals surface area (Å²) in [5.74, 6) is 0. The molecule has 0 fully saturated rings. The molecule has 0 radical (unpaired) electrons. The fourth-order valence-electron chi connectivity index (χ4n) is 0.699. The molecule has 0 aromatic heterocycles. The van der Waals surface area contributed by atoms with Crippen LogP contribution >= 0.6 is 27.5 Å². The summed E-state index contributed by atoms with van der Waals surface area (Å²) >= 11 is 8.44. The molecule has 0 atom stereocenters. The number of halogens is 2. The van der Waals surface area contributed by atoms with Crippen LogP contribution in [0.4, 0.5) is 5.69 Å². The van der Waals surface area contributed by atoms with Gasteiger partial charge in [0.1, 0.15) is 0 Å². The van der Waals surface area contributed by atoms with Crippen molar-refractivity contribution < 1.29 is 4.79 Å². The molecule has 0 saturated carbocycles. The molecule has 1 aromatic rings. The minimum absolute atomic E-state index is 0.334. The van der Waals surface area contributed by atoms with E-state index in [0.29, 0.717) is 11.3 Å². The molecule has 0 aliphatic carbocycles. The van der Waals surface area contributed by atoms with Crippen LogP contribution in [0.5, 0.6) is 0 Å². The third-order valence-electron chi connectivity index (χ3n) is 1.23. The first-order valence-electron chi connectivity index (χ1n) is 2.86. The summed E-state index contributed by atoms with van der Waals surface area (Å²) in [5.41, 5.74) is 6.20. The maximum Gasteiger partial charge on any atom is 0.254 e. The number of hydrogen-bond donors (Lipinski definition) is 1. The highest BCUT2D eigenvalue weighted by Gasteiger charge is 2.05. The molecule has 0 aliphatic heterocycles. The number of carbonyl (C=O) groups is 1. The monoisotopic (exact) mass is 233 g/mol. The number of nitrogens with two attached hydrogens (primary N) is 1. The van der Waals surface area contributed by atoms with Crippen molar-refractivity contribution in [3.05, 3.63) is 28.2 Å². The number of benzene rings is 1. The fraction of sp³-hybridized carbons (Fsp3) is 0. The Balaban J connectivity index is 3.23. The third kappa shape index (κ3) is 1.94. The minimum Gasteiger partial charge on any atom is -0.398 e. The first-order chi connectivity index (χ1) is 5.11. The molecule has 0 aliphatic rings. The minimum atomic E-state index is -0.538. The largest absolute Gasteiger partial charge is 0.398 e. The smallest absolute Gasteiger partial charge is 0.254 e. The van der Waals surface area contributed by atoms with E-state index in [2.05, 4.69) is 15.9 Å². The third-order valence-corrected chi connectivity index (χ3v) is 1.92. The summed E-state index contributed by atoms with van der Waals surface area (Å²) in [6.07, 6.45) is 0. The van der Waals surface area contributed by atoms with Gasteiger partial charge >= 0.3 is 0 Å². The van der Waals surface area contributed by atoms with Crippen LogP contribution in [0.25, 0.3) is 0 Å². The highest BCUT2D eigenvalue weighted by atomic mass is 79.9. The Morgan fingerprint density at radius 2 is 2.18 bits per heavy atom. The lowest BCUT2D eigenvalue weighted by Gasteiger charge is -1.99. The normalized spacial score (nSPS) is 9.64. The topological polar surface area (TPSA) is 43.1 Å². The summed E-state index contributed by atoms with van der Waals surface area (Å²) in [6, 6.07) is 4.96. The molecular formula is C7H5BrClNO. The van der Waals surface area contributed by atoms with E-state index in [1.807, 2.05) is 0 Å². The van der Waals surface area contributed by atoms with Crippen molar-refractivity contribution in [3.8, 4) is 0 Å². The fourth-order valence-corrected chi connectivity index (χ4v) is 1.22. The van der Waals surface area contributed by atoms with E-state index in [0.717, 1.165) is 4.47 Å². The second-order valence-electron chi connectivity index (χ2n) is 2.01. The van der Waals surface area contributed by atoms with Crippen molar-refractivity contribution in [3.63, 3.8) is 0 Å². The van der Waals surface area contributed by atoms with Crippen LogP contribution in [-0.2, 0) is 0 Å². The summed E-state index contributed by atoms with van der Waals surface area (Å²) < 4.78 is 0.788. The molecule has 0 amide bonds. The van der Waals surface area contributed by atoms with Gasteiger partial charge in [-0.2, -0.15) is 0 Å². The molecule has 11 heavy (non-hydrogen) atoms. The number of carbonyl (C=O) groups excluding carboxylic acids is 1. The van der Waals surface area contributed by atoms with Crippen LogP contribution in [0.3, 0.4) is 0 Å². The quantitative estimate of drug-likeness (QED) is 0.599. The summed E-state index contributed by atoms with van der Waals surface area (Å²) in [4.78, 5) is 10.7. The van der Waals surface area contributed by atoms with Crippen molar-refractivity contribution in [2.45, 2.75) is 0 Å². The van der Waals surface area contributed by atoms with E-state index in [1.165, 1.54) is 0 Å². The Morgan fingerprint density at radius 3 is 2.64 bits per heavy atom. The Morgan fingerprint density at radius 1 is 1.55 bits per heavy atom. The zero-order valence-electron chi connectivity index (χ0n) is 5.47. The molecule has 0 bridgehead atoms. The van der Waals surface area contributed by atoms with Gasteiger partial charge in [-0.3, -0.25) is 4.79 Å². The Hall–Kier alpha value is -0.540. The molecule has 0 saturated heterocycles. The maximum atomic E-state index is 10.7. The number of nitrogen functional groups attached to an aromatic ring is 1. The summed E-state index contributed by atoms with van der Waals surface area (Å²) in [7, 11) is 0. The van der Waals surface area contributed by atoms with E-state index >= 15 is 0 Å². The Kier molecular flexibility index (Phi) is 2.52. The van der Waals surface area contributed by atoms with Crippen molar-refractivity contribution in [1.82, 2.24) is 0 Å². The van der Waals surface area contributed by atoms with Crippen LogP contribution in [0, 0.1) is 0 Å². The van der Waals surface area contributed by atoms with Crippen LogP contribution in [0.15, 0.2) is 22.7 Å². The van der Waals surface area contributed by atoms with E-state index in [1.54, 1.807) is 18.2 Å². The highest BCUT2D eigenvalue weighted by Crippen LogP contribution is 2.19. The van der Waals surface area contributed by atoms with E-state index in [-0.39, 0.29) is 0 Å². The molecule has 1 rings (SSSR count). The molecule has 0 heterocycles. The van der Waals surface area contributed by atoms with E-state index in [4.69, 9.17) is 17.3 Å². The van der Waals surface area contributed by atoms with Crippen molar-refractivity contribution >= 4 is 38.5 Å². The lowest BCUT2D eigenvalue weighted by atomic mass is 10.2. The SMILES string of the molecule is Nc1ccc(Br)cc1C(=O)Cl. The zero-order chi connectivity index (χ0) is 8.43. The van der Waals surface area contributed by atoms with Gasteiger partial charge in [-0.05, 0) is 29.8 Å². The Labute approximate surface area is 77.5 Å². The van der Waals surface area contributed by atoms with Crippen LogP contribution in [-0.4, -0.2) is 5.24 Å². The van der Waals surface area contributed by atoms with Gasteiger partial charge in [0.25, 0.3) is 5.24 Å². The number of anilines is 1. The number of rotatable bonds is 1. The summed E-state index contributed by atoms with van der Waals surface area (Å²) in [5, 5.41) is -0.538. The van der Waals surface area contributed by atoms with E-state index in [9.17, 15) is 4.79 Å². The summed E-state index contributed by atoms with van der Waals surface area (Å²) in [6.45, 7) is 0. The van der Waals surface area contributed by atoms with Crippen molar-refractivity contribution in [1.29, 1.82) is 0 Å². The Bertz CT molecular complexity index is 300. The molecule has 4 heteroatoms. The van der Waals surface area contributed by atoms with Gasteiger partial charge in [0.05, 0.1) is 5.56 Å². The van der Waals surface area contributed by atoms with Gasteiger partial charge in [-0.1, -0.05) is 15.9 Å². The van der Waals surface area contributed by atoms with Gasteiger partial charge in [0, 0.05) is 10.2 Å². The lowest BCUT2D eigenvalue weighted by Crippen LogP contribution is -1.96. The maximum absolute atomic E-state index is 10.7. The first-order valence-corrected chi connectivity index (χ1v) is 4.03. The molecule has 2 nitrogen and oxygen atoms in total. The van der Waals surface area contributed by atoms with Crippen LogP contribution < -0.4 is 5.73 Å². The van der Waals surface area contributed by atoms with Gasteiger partial charge in [-0.15, -0.1) is 0 Å². The average molecular weight is 234 g/mol. The molecule has 0 spiro atoms. The van der Waals surface area contributed by atoms with Gasteiger partial charge in [-0.25, -0.2) is 0 Å². The number of hydrogen-bond acceptors (Lipinski definition) is 2. The van der Waals surface area contributed by atoms with Crippen LogP contribution in [0.2, 0.25) is 0 Å². The molecule has 58 valence electrons. The zero-order valence-corrected chi connectivity index (χ0v) is 7.82. The van der Waals surface area contributed by atoms with E-state index < -0.39 is 5.24 Å². The molecule has 0 unspecified atom stereocenters. The highest BCUT2D eigenvalue weighted by molar-refractivity contribution is 9.10. The standard InChI is InChI=1S/C7H5BrClNO/c8-4-1-2-6(10)5(3-4)7(9)11/h1-3H,10H2. The average Bonchev–Trinajstić information content (AvgIpc) is 1.94. The predicted octanol–water partition coefficient (Wildman–Crippen LogP) is 2.41.